The van der Waals surface area contributed by atoms with E-state index in [-0.39, 0.29) is 11.3 Å². The van der Waals surface area contributed by atoms with Crippen LogP contribution in [0.15, 0.2) is 18.3 Å². The van der Waals surface area contributed by atoms with Crippen molar-refractivity contribution in [2.45, 2.75) is 31.2 Å². The summed E-state index contributed by atoms with van der Waals surface area (Å²) in [5, 5.41) is 9.33. The highest BCUT2D eigenvalue weighted by molar-refractivity contribution is 8.00. The van der Waals surface area contributed by atoms with Crippen molar-refractivity contribution >= 4 is 23.6 Å². The molecule has 0 bridgehead atoms. The molecule has 2 atom stereocenters. The Bertz CT molecular complexity index is 542. The molecule has 6 heteroatoms. The van der Waals surface area contributed by atoms with Crippen molar-refractivity contribution < 1.29 is 14.7 Å². The van der Waals surface area contributed by atoms with Crippen LogP contribution in [0.3, 0.4) is 0 Å². The monoisotopic (exact) mass is 292 g/mol. The number of nitrogens with zero attached hydrogens (tertiary/aromatic N) is 2. The molecule has 1 saturated carbocycles. The van der Waals surface area contributed by atoms with Gasteiger partial charge in [0.25, 0.3) is 5.91 Å². The summed E-state index contributed by atoms with van der Waals surface area (Å²) in [6.45, 7) is 1.85. The number of pyridine rings is 1. The third-order valence-electron chi connectivity index (χ3n) is 3.74. The zero-order chi connectivity index (χ0) is 14.3. The Kier molecular flexibility index (Phi) is 3.41. The highest BCUT2D eigenvalue weighted by Crippen LogP contribution is 2.45. The Labute approximate surface area is 121 Å². The second-order valence-electron chi connectivity index (χ2n) is 5.32. The standard InChI is InChI=1S/C14H16N2O3S/c1-8-2-3-10(6-15-8)12(17)16-11(14(18)19)7-20-13(16)9-4-5-9/h2-3,6,9,11,13H,4-5,7H2,1H3,(H,18,19). The van der Waals surface area contributed by atoms with Crippen LogP contribution in [-0.2, 0) is 4.79 Å². The minimum Gasteiger partial charge on any atom is -0.480 e. The quantitative estimate of drug-likeness (QED) is 0.919. The number of carboxylic acids is 1. The van der Waals surface area contributed by atoms with Crippen LogP contribution in [-0.4, -0.2) is 44.0 Å². The number of aromatic nitrogens is 1. The van der Waals surface area contributed by atoms with Crippen LogP contribution in [0.25, 0.3) is 0 Å². The summed E-state index contributed by atoms with van der Waals surface area (Å²) in [5.41, 5.74) is 1.31. The molecule has 1 aromatic heterocycles. The van der Waals surface area contributed by atoms with Crippen molar-refractivity contribution in [3.63, 3.8) is 0 Å². The molecule has 1 N–H and O–H groups in total. The molecule has 2 fully saturated rings. The first-order valence-corrected chi connectivity index (χ1v) is 7.72. The van der Waals surface area contributed by atoms with Crippen molar-refractivity contribution in [2.24, 2.45) is 5.92 Å². The molecule has 3 rings (SSSR count). The van der Waals surface area contributed by atoms with E-state index in [0.717, 1.165) is 18.5 Å². The van der Waals surface area contributed by atoms with Gasteiger partial charge in [-0.05, 0) is 37.8 Å². The van der Waals surface area contributed by atoms with E-state index >= 15 is 0 Å². The van der Waals surface area contributed by atoms with Crippen molar-refractivity contribution in [3.8, 4) is 0 Å². The number of hydrogen-bond donors (Lipinski definition) is 1. The Balaban J connectivity index is 1.88. The number of rotatable bonds is 3. The van der Waals surface area contributed by atoms with Crippen LogP contribution in [0.5, 0.6) is 0 Å². The molecule has 5 nitrogen and oxygen atoms in total. The van der Waals surface area contributed by atoms with Crippen LogP contribution in [0.4, 0.5) is 0 Å². The zero-order valence-corrected chi connectivity index (χ0v) is 12.0. The summed E-state index contributed by atoms with van der Waals surface area (Å²) >= 11 is 1.59. The van der Waals surface area contributed by atoms with Gasteiger partial charge in [0, 0.05) is 17.6 Å². The fourth-order valence-electron chi connectivity index (χ4n) is 2.46. The third kappa shape index (κ3) is 2.40. The molecular weight excluding hydrogens is 276 g/mol. The van der Waals surface area contributed by atoms with E-state index in [1.807, 2.05) is 6.92 Å². The van der Waals surface area contributed by atoms with Gasteiger partial charge < -0.3 is 10.0 Å². The maximum atomic E-state index is 12.6. The van der Waals surface area contributed by atoms with Crippen molar-refractivity contribution in [1.82, 2.24) is 9.88 Å². The number of hydrogen-bond acceptors (Lipinski definition) is 4. The highest BCUT2D eigenvalue weighted by atomic mass is 32.2. The van der Waals surface area contributed by atoms with E-state index < -0.39 is 12.0 Å². The lowest BCUT2D eigenvalue weighted by Gasteiger charge is -2.27. The normalized spacial score (nSPS) is 25.8. The minimum absolute atomic E-state index is 0.00454. The van der Waals surface area contributed by atoms with E-state index in [1.54, 1.807) is 28.8 Å². The fourth-order valence-corrected chi connectivity index (χ4v) is 4.09. The summed E-state index contributed by atoms with van der Waals surface area (Å²) in [6, 6.07) is 2.77. The van der Waals surface area contributed by atoms with Gasteiger partial charge in [-0.25, -0.2) is 4.79 Å². The number of carbonyl (C=O) groups excluding carboxylic acids is 1. The number of aliphatic carboxylic acids is 1. The number of carbonyl (C=O) groups is 2. The topological polar surface area (TPSA) is 70.5 Å². The van der Waals surface area contributed by atoms with Crippen LogP contribution >= 0.6 is 11.8 Å². The van der Waals surface area contributed by atoms with Crippen molar-refractivity contribution in [3.05, 3.63) is 29.6 Å². The molecule has 1 amide bonds. The van der Waals surface area contributed by atoms with Crippen LogP contribution in [0.2, 0.25) is 0 Å². The predicted octanol–water partition coefficient (Wildman–Crippen LogP) is 1.77. The van der Waals surface area contributed by atoms with Gasteiger partial charge in [-0.2, -0.15) is 0 Å². The van der Waals surface area contributed by atoms with Crippen molar-refractivity contribution in [2.75, 3.05) is 5.75 Å². The molecule has 0 aromatic carbocycles. The van der Waals surface area contributed by atoms with Gasteiger partial charge in [0.05, 0.1) is 10.9 Å². The predicted molar refractivity (Wildman–Crippen MR) is 75.5 cm³/mol. The molecule has 2 aliphatic rings. The number of carboxylic acid groups (broad SMARTS) is 1. The van der Waals surface area contributed by atoms with E-state index in [9.17, 15) is 14.7 Å². The number of thioether (sulfide) groups is 1. The van der Waals surface area contributed by atoms with E-state index in [4.69, 9.17) is 0 Å². The summed E-state index contributed by atoms with van der Waals surface area (Å²) in [4.78, 5) is 29.7. The summed E-state index contributed by atoms with van der Waals surface area (Å²) < 4.78 is 0. The highest BCUT2D eigenvalue weighted by Gasteiger charge is 2.48. The summed E-state index contributed by atoms with van der Waals surface area (Å²) in [7, 11) is 0. The number of aryl methyl sites for hydroxylation is 1. The first kappa shape index (κ1) is 13.4. The van der Waals surface area contributed by atoms with Crippen LogP contribution < -0.4 is 0 Å². The molecule has 2 heterocycles. The van der Waals surface area contributed by atoms with E-state index in [2.05, 4.69) is 4.98 Å². The SMILES string of the molecule is Cc1ccc(C(=O)N2C(C(=O)O)CSC2C2CC2)cn1. The fraction of sp³-hybridized carbons (Fsp3) is 0.500. The smallest absolute Gasteiger partial charge is 0.327 e. The van der Waals surface area contributed by atoms with Crippen LogP contribution in [0, 0.1) is 12.8 Å². The van der Waals surface area contributed by atoms with Gasteiger partial charge in [-0.3, -0.25) is 9.78 Å². The second kappa shape index (κ2) is 5.09. The first-order chi connectivity index (χ1) is 9.58. The number of amides is 1. The van der Waals surface area contributed by atoms with Gasteiger partial charge in [0.1, 0.15) is 6.04 Å². The van der Waals surface area contributed by atoms with E-state index in [0.29, 0.717) is 17.2 Å². The lowest BCUT2D eigenvalue weighted by molar-refractivity contribution is -0.141. The zero-order valence-electron chi connectivity index (χ0n) is 11.2. The van der Waals surface area contributed by atoms with Gasteiger partial charge in [-0.15, -0.1) is 11.8 Å². The Hall–Kier alpha value is -1.56. The molecule has 1 aromatic rings. The Morgan fingerprint density at radius 2 is 2.15 bits per heavy atom. The average molecular weight is 292 g/mol. The van der Waals surface area contributed by atoms with Crippen LogP contribution in [0.1, 0.15) is 28.9 Å². The summed E-state index contributed by atoms with van der Waals surface area (Å²) in [5.74, 6) is -0.214. The van der Waals surface area contributed by atoms with Gasteiger partial charge in [-0.1, -0.05) is 0 Å². The van der Waals surface area contributed by atoms with Gasteiger partial charge in [0.2, 0.25) is 0 Å². The second-order valence-corrected chi connectivity index (χ2v) is 6.47. The molecule has 0 spiro atoms. The third-order valence-corrected chi connectivity index (χ3v) is 5.20. The Morgan fingerprint density at radius 3 is 2.70 bits per heavy atom. The molecule has 0 radical (unpaired) electrons. The largest absolute Gasteiger partial charge is 0.480 e. The molecule has 106 valence electrons. The minimum atomic E-state index is -0.922. The molecule has 1 aliphatic carbocycles. The van der Waals surface area contributed by atoms with E-state index in [1.165, 1.54) is 6.20 Å². The summed E-state index contributed by atoms with van der Waals surface area (Å²) in [6.07, 6.45) is 3.70. The average Bonchev–Trinajstić information content (AvgIpc) is 3.17. The lowest BCUT2D eigenvalue weighted by atomic mass is 10.1. The Morgan fingerprint density at radius 1 is 1.40 bits per heavy atom. The first-order valence-electron chi connectivity index (χ1n) is 6.67. The molecular formula is C14H16N2O3S. The lowest BCUT2D eigenvalue weighted by Crippen LogP contribution is -2.46. The van der Waals surface area contributed by atoms with Gasteiger partial charge in [0.15, 0.2) is 0 Å². The molecule has 2 unspecified atom stereocenters. The maximum absolute atomic E-state index is 12.6. The maximum Gasteiger partial charge on any atom is 0.327 e. The molecule has 20 heavy (non-hydrogen) atoms. The van der Waals surface area contributed by atoms with Crippen molar-refractivity contribution in [1.29, 1.82) is 0 Å². The van der Waals surface area contributed by atoms with Gasteiger partial charge >= 0.3 is 5.97 Å². The molecule has 1 saturated heterocycles. The molecule has 1 aliphatic heterocycles.